The van der Waals surface area contributed by atoms with E-state index in [1.54, 1.807) is 27.6 Å². The van der Waals surface area contributed by atoms with Crippen molar-refractivity contribution in [2.45, 2.75) is 19.8 Å². The zero-order chi connectivity index (χ0) is 17.4. The third-order valence-corrected chi connectivity index (χ3v) is 3.65. The van der Waals surface area contributed by atoms with Gasteiger partial charge in [-0.25, -0.2) is 0 Å². The van der Waals surface area contributed by atoms with E-state index in [1.165, 1.54) is 5.56 Å². The molecule has 0 heterocycles. The second-order valence-corrected chi connectivity index (χ2v) is 5.27. The molecular weight excluding hydrogens is 304 g/mol. The first-order chi connectivity index (χ1) is 11.7. The van der Waals surface area contributed by atoms with Crippen molar-refractivity contribution in [2.75, 3.05) is 21.3 Å². The monoisotopic (exact) mass is 328 g/mol. The number of benzene rings is 2. The van der Waals surface area contributed by atoms with Gasteiger partial charge in [0, 0.05) is 5.56 Å². The van der Waals surface area contributed by atoms with E-state index in [9.17, 15) is 0 Å². The van der Waals surface area contributed by atoms with Gasteiger partial charge in [0.1, 0.15) is 12.0 Å². The average Bonchev–Trinajstić information content (AvgIpc) is 2.63. The van der Waals surface area contributed by atoms with Crippen LogP contribution < -0.4 is 14.2 Å². The topological polar surface area (TPSA) is 36.9 Å². The molecule has 4 nitrogen and oxygen atoms in total. The summed E-state index contributed by atoms with van der Waals surface area (Å²) >= 11 is 0. The van der Waals surface area contributed by atoms with Gasteiger partial charge in [-0.3, -0.25) is 0 Å². The highest BCUT2D eigenvalue weighted by Crippen LogP contribution is 2.30. The van der Waals surface area contributed by atoms with Crippen LogP contribution in [0, 0.1) is 0 Å². The molecule has 0 aromatic heterocycles. The van der Waals surface area contributed by atoms with Crippen LogP contribution in [0.2, 0.25) is 0 Å². The van der Waals surface area contributed by atoms with E-state index in [-0.39, 0.29) is 0 Å². The second-order valence-electron chi connectivity index (χ2n) is 5.27. The Bertz CT molecular complexity index is 675. The highest BCUT2D eigenvalue weighted by atomic mass is 16.5. The Morgan fingerprint density at radius 3 is 2.25 bits per heavy atom. The lowest BCUT2D eigenvalue weighted by Crippen LogP contribution is -1.95. The van der Waals surface area contributed by atoms with E-state index in [0.29, 0.717) is 17.3 Å². The number of methoxy groups -OCH3 is 3. The fraction of sp³-hybridized carbons (Fsp3) is 0.300. The number of aryl methyl sites for hydroxylation is 1. The van der Waals surface area contributed by atoms with Crippen LogP contribution in [-0.4, -0.2) is 21.3 Å². The van der Waals surface area contributed by atoms with Crippen LogP contribution in [-0.2, 0) is 11.2 Å². The highest BCUT2D eigenvalue weighted by Gasteiger charge is 2.07. The first-order valence-corrected chi connectivity index (χ1v) is 7.94. The maximum atomic E-state index is 5.78. The highest BCUT2D eigenvalue weighted by molar-refractivity contribution is 5.60. The molecule has 0 spiro atoms. The van der Waals surface area contributed by atoms with Gasteiger partial charge in [-0.2, -0.15) is 0 Å². The minimum Gasteiger partial charge on any atom is -0.497 e. The van der Waals surface area contributed by atoms with Gasteiger partial charge in [0.05, 0.1) is 21.3 Å². The third kappa shape index (κ3) is 4.44. The summed E-state index contributed by atoms with van der Waals surface area (Å²) in [5.74, 6) is 2.78. The summed E-state index contributed by atoms with van der Waals surface area (Å²) in [6, 6.07) is 13.6. The lowest BCUT2D eigenvalue weighted by Gasteiger charge is -2.11. The van der Waals surface area contributed by atoms with E-state index >= 15 is 0 Å². The molecule has 0 aliphatic rings. The Balaban J connectivity index is 2.20. The van der Waals surface area contributed by atoms with Gasteiger partial charge in [0.2, 0.25) is 0 Å². The molecule has 2 aromatic rings. The molecule has 0 saturated carbocycles. The molecule has 128 valence electrons. The molecule has 0 radical (unpaired) electrons. The Labute approximate surface area is 143 Å². The Hall–Kier alpha value is -2.62. The van der Waals surface area contributed by atoms with E-state index in [2.05, 4.69) is 13.0 Å². The summed E-state index contributed by atoms with van der Waals surface area (Å²) in [5.41, 5.74) is 2.13. The van der Waals surface area contributed by atoms with Crippen LogP contribution >= 0.6 is 0 Å². The second kappa shape index (κ2) is 8.87. The Kier molecular flexibility index (Phi) is 6.55. The van der Waals surface area contributed by atoms with Gasteiger partial charge in [-0.1, -0.05) is 19.4 Å². The van der Waals surface area contributed by atoms with Crippen molar-refractivity contribution in [1.82, 2.24) is 0 Å². The number of ether oxygens (including phenoxy) is 4. The maximum absolute atomic E-state index is 5.78. The van der Waals surface area contributed by atoms with Crippen molar-refractivity contribution in [3.63, 3.8) is 0 Å². The third-order valence-electron chi connectivity index (χ3n) is 3.65. The van der Waals surface area contributed by atoms with Crippen molar-refractivity contribution in [3.05, 3.63) is 59.9 Å². The number of hydrogen-bond donors (Lipinski definition) is 0. The van der Waals surface area contributed by atoms with Gasteiger partial charge in [0.25, 0.3) is 0 Å². The van der Waals surface area contributed by atoms with Gasteiger partial charge < -0.3 is 18.9 Å². The predicted molar refractivity (Wildman–Crippen MR) is 95.6 cm³/mol. The van der Waals surface area contributed by atoms with Crippen LogP contribution in [0.4, 0.5) is 0 Å². The summed E-state index contributed by atoms with van der Waals surface area (Å²) in [7, 11) is 4.89. The summed E-state index contributed by atoms with van der Waals surface area (Å²) in [4.78, 5) is 0. The predicted octanol–water partition coefficient (Wildman–Crippen LogP) is 4.68. The van der Waals surface area contributed by atoms with Crippen LogP contribution in [0.3, 0.4) is 0 Å². The molecule has 0 bridgehead atoms. The first-order valence-electron chi connectivity index (χ1n) is 7.94. The zero-order valence-electron chi connectivity index (χ0n) is 14.7. The molecular formula is C20H24O4. The molecule has 0 fully saturated rings. The van der Waals surface area contributed by atoms with E-state index in [1.807, 2.05) is 36.4 Å². The smallest absolute Gasteiger partial charge is 0.168 e. The molecule has 0 unspecified atom stereocenters. The summed E-state index contributed by atoms with van der Waals surface area (Å²) in [5, 5.41) is 0. The molecule has 0 aliphatic heterocycles. The van der Waals surface area contributed by atoms with Crippen LogP contribution in [0.25, 0.3) is 5.76 Å². The molecule has 0 aliphatic carbocycles. The molecule has 0 atom stereocenters. The zero-order valence-corrected chi connectivity index (χ0v) is 14.7. The molecule has 24 heavy (non-hydrogen) atoms. The number of hydrogen-bond acceptors (Lipinski definition) is 4. The van der Waals surface area contributed by atoms with E-state index < -0.39 is 0 Å². The first kappa shape index (κ1) is 17.7. The van der Waals surface area contributed by atoms with Crippen molar-refractivity contribution < 1.29 is 18.9 Å². The Morgan fingerprint density at radius 1 is 0.917 bits per heavy atom. The van der Waals surface area contributed by atoms with Gasteiger partial charge >= 0.3 is 0 Å². The van der Waals surface area contributed by atoms with Crippen molar-refractivity contribution in [2.24, 2.45) is 0 Å². The fourth-order valence-electron chi connectivity index (χ4n) is 2.36. The maximum Gasteiger partial charge on any atom is 0.168 e. The lowest BCUT2D eigenvalue weighted by atomic mass is 10.1. The SMILES string of the molecule is CCCc1ccc(OC=C(OC)c2ccc(OC)cc2)c(OC)c1. The minimum absolute atomic E-state index is 0.623. The summed E-state index contributed by atoms with van der Waals surface area (Å²) in [6.07, 6.45) is 3.69. The minimum atomic E-state index is 0.623. The summed E-state index contributed by atoms with van der Waals surface area (Å²) < 4.78 is 21.8. The normalized spacial score (nSPS) is 11.1. The van der Waals surface area contributed by atoms with Crippen molar-refractivity contribution in [1.29, 1.82) is 0 Å². The van der Waals surface area contributed by atoms with Crippen LogP contribution in [0.5, 0.6) is 17.2 Å². The summed E-state index contributed by atoms with van der Waals surface area (Å²) in [6.45, 7) is 2.15. The molecule has 0 saturated heterocycles. The molecule has 2 rings (SSSR count). The van der Waals surface area contributed by atoms with Gasteiger partial charge in [-0.15, -0.1) is 0 Å². The van der Waals surface area contributed by atoms with Gasteiger partial charge in [0.15, 0.2) is 17.3 Å². The fourth-order valence-corrected chi connectivity index (χ4v) is 2.36. The molecule has 0 N–H and O–H groups in total. The van der Waals surface area contributed by atoms with Crippen molar-refractivity contribution >= 4 is 5.76 Å². The standard InChI is InChI=1S/C20H24O4/c1-5-6-15-7-12-18(19(13-15)22-3)24-14-20(23-4)16-8-10-17(21-2)11-9-16/h7-14H,5-6H2,1-4H3. The van der Waals surface area contributed by atoms with Crippen molar-refractivity contribution in [3.8, 4) is 17.2 Å². The van der Waals surface area contributed by atoms with E-state index in [4.69, 9.17) is 18.9 Å². The quantitative estimate of drug-likeness (QED) is 0.659. The molecule has 0 amide bonds. The average molecular weight is 328 g/mol. The van der Waals surface area contributed by atoms with E-state index in [0.717, 1.165) is 24.2 Å². The molecule has 2 aromatic carbocycles. The lowest BCUT2D eigenvalue weighted by molar-refractivity contribution is 0.342. The Morgan fingerprint density at radius 2 is 1.67 bits per heavy atom. The van der Waals surface area contributed by atoms with Crippen LogP contribution in [0.1, 0.15) is 24.5 Å². The van der Waals surface area contributed by atoms with Crippen LogP contribution in [0.15, 0.2) is 48.7 Å². The molecule has 4 heteroatoms. The van der Waals surface area contributed by atoms with Gasteiger partial charge in [-0.05, 0) is 48.4 Å². The number of rotatable bonds is 8. The largest absolute Gasteiger partial charge is 0.497 e.